The molecule has 0 bridgehead atoms. The minimum absolute atomic E-state index is 0.0191. The van der Waals surface area contributed by atoms with Gasteiger partial charge in [0.05, 0.1) is 24.2 Å². The van der Waals surface area contributed by atoms with Crippen molar-refractivity contribution in [3.8, 4) is 0 Å². The van der Waals surface area contributed by atoms with Crippen LogP contribution in [0, 0.1) is 0 Å². The van der Waals surface area contributed by atoms with Crippen LogP contribution in [0.15, 0.2) is 77.7 Å². The Morgan fingerprint density at radius 1 is 1.16 bits per heavy atom. The van der Waals surface area contributed by atoms with Crippen LogP contribution in [0.4, 0.5) is 0 Å². The predicted octanol–water partition coefficient (Wildman–Crippen LogP) is 3.13. The van der Waals surface area contributed by atoms with E-state index in [2.05, 4.69) is 6.58 Å². The molecular formula is C23H27NO6S. The van der Waals surface area contributed by atoms with Crippen LogP contribution >= 0.6 is 0 Å². The van der Waals surface area contributed by atoms with Crippen molar-refractivity contribution < 1.29 is 27.4 Å². The number of carbonyl (C=O) groups is 1. The maximum absolute atomic E-state index is 13.5. The lowest BCUT2D eigenvalue weighted by molar-refractivity contribution is -0.282. The largest absolute Gasteiger partial charge is 0.360 e. The van der Waals surface area contributed by atoms with Crippen LogP contribution in [0.5, 0.6) is 0 Å². The van der Waals surface area contributed by atoms with Crippen molar-refractivity contribution in [2.45, 2.75) is 43.3 Å². The van der Waals surface area contributed by atoms with Crippen molar-refractivity contribution in [1.29, 1.82) is 0 Å². The number of carbonyl (C=O) groups excluding carboxylic acids is 1. The molecule has 31 heavy (non-hydrogen) atoms. The van der Waals surface area contributed by atoms with Crippen LogP contribution < -0.4 is 0 Å². The summed E-state index contributed by atoms with van der Waals surface area (Å²) < 4.78 is 45.6. The monoisotopic (exact) mass is 445 g/mol. The molecule has 0 aliphatic carbocycles. The summed E-state index contributed by atoms with van der Waals surface area (Å²) in [4.78, 5) is 11.6. The first kappa shape index (κ1) is 23.3. The Morgan fingerprint density at radius 2 is 1.77 bits per heavy atom. The van der Waals surface area contributed by atoms with Gasteiger partial charge >= 0.3 is 0 Å². The van der Waals surface area contributed by atoms with Crippen molar-refractivity contribution in [3.63, 3.8) is 0 Å². The minimum atomic E-state index is -3.98. The van der Waals surface area contributed by atoms with E-state index in [-0.39, 0.29) is 30.4 Å². The first-order valence-electron chi connectivity index (χ1n) is 9.89. The Bertz CT molecular complexity index is 991. The Balaban J connectivity index is 1.92. The molecule has 166 valence electrons. The second-order valence-electron chi connectivity index (χ2n) is 7.68. The smallest absolute Gasteiger partial charge is 0.245 e. The third-order valence-electron chi connectivity index (χ3n) is 4.93. The van der Waals surface area contributed by atoms with Gasteiger partial charge in [0.25, 0.3) is 0 Å². The topological polar surface area (TPSA) is 82.1 Å². The van der Waals surface area contributed by atoms with Crippen molar-refractivity contribution in [2.24, 2.45) is 0 Å². The van der Waals surface area contributed by atoms with Crippen molar-refractivity contribution >= 4 is 16.3 Å². The molecule has 0 radical (unpaired) electrons. The van der Waals surface area contributed by atoms with Gasteiger partial charge < -0.3 is 14.2 Å². The maximum Gasteiger partial charge on any atom is 0.245 e. The van der Waals surface area contributed by atoms with E-state index in [0.29, 0.717) is 6.29 Å². The van der Waals surface area contributed by atoms with Crippen LogP contribution in [0.1, 0.15) is 19.4 Å². The molecule has 0 unspecified atom stereocenters. The predicted molar refractivity (Wildman–Crippen MR) is 115 cm³/mol. The van der Waals surface area contributed by atoms with Gasteiger partial charge in [0.1, 0.15) is 19.1 Å². The number of sulfonamides is 1. The van der Waals surface area contributed by atoms with Crippen LogP contribution in [0.3, 0.4) is 0 Å². The summed E-state index contributed by atoms with van der Waals surface area (Å²) in [7, 11) is -3.98. The Hall–Kier alpha value is -2.36. The highest BCUT2D eigenvalue weighted by atomic mass is 32.2. The molecule has 2 atom stereocenters. The molecule has 7 nitrogen and oxygen atoms in total. The van der Waals surface area contributed by atoms with Gasteiger partial charge in [-0.1, -0.05) is 55.1 Å². The Kier molecular flexibility index (Phi) is 7.40. The van der Waals surface area contributed by atoms with Gasteiger partial charge in [-0.2, -0.15) is 4.31 Å². The van der Waals surface area contributed by atoms with Crippen LogP contribution in [0.25, 0.3) is 0 Å². The standard InChI is InChI=1S/C23H27NO6S/c1-18(14-25)22-21(16-29-23(2,3)30-22)24(17-28-15-19-10-6-4-7-11-19)31(26,27)20-12-8-5-9-13-20/h4-14,21-22H,1,15-17H2,2-3H3/t21-,22-/m1/s1. The van der Waals surface area contributed by atoms with E-state index in [1.54, 1.807) is 32.0 Å². The zero-order chi connectivity index (χ0) is 22.5. The van der Waals surface area contributed by atoms with Crippen molar-refractivity contribution in [2.75, 3.05) is 13.3 Å². The molecule has 3 rings (SSSR count). The summed E-state index contributed by atoms with van der Waals surface area (Å²) in [6.07, 6.45) is -0.294. The molecule has 2 aromatic carbocycles. The molecule has 0 N–H and O–H groups in total. The Labute approximate surface area is 183 Å². The number of aldehydes is 1. The highest BCUT2D eigenvalue weighted by molar-refractivity contribution is 7.89. The van der Waals surface area contributed by atoms with E-state index in [4.69, 9.17) is 14.2 Å². The lowest BCUT2D eigenvalue weighted by Gasteiger charge is -2.44. The molecule has 1 aliphatic heterocycles. The number of ether oxygens (including phenoxy) is 3. The molecule has 1 heterocycles. The molecule has 0 amide bonds. The van der Waals surface area contributed by atoms with Gasteiger partial charge in [-0.3, -0.25) is 4.79 Å². The molecule has 0 saturated carbocycles. The van der Waals surface area contributed by atoms with Gasteiger partial charge in [0.15, 0.2) is 5.79 Å². The van der Waals surface area contributed by atoms with Crippen molar-refractivity contribution in [1.82, 2.24) is 4.31 Å². The summed E-state index contributed by atoms with van der Waals surface area (Å²) in [5.41, 5.74) is 1.04. The fourth-order valence-corrected chi connectivity index (χ4v) is 4.83. The lowest BCUT2D eigenvalue weighted by atomic mass is 10.0. The number of benzene rings is 2. The zero-order valence-electron chi connectivity index (χ0n) is 17.6. The summed E-state index contributed by atoms with van der Waals surface area (Å²) in [6.45, 7) is 7.17. The van der Waals surface area contributed by atoms with Gasteiger partial charge in [-0.15, -0.1) is 0 Å². The third-order valence-corrected chi connectivity index (χ3v) is 6.79. The fourth-order valence-electron chi connectivity index (χ4n) is 3.31. The number of rotatable bonds is 9. The first-order valence-corrected chi connectivity index (χ1v) is 11.3. The third kappa shape index (κ3) is 5.66. The van der Waals surface area contributed by atoms with E-state index in [1.807, 2.05) is 30.3 Å². The average molecular weight is 446 g/mol. The molecule has 0 spiro atoms. The maximum atomic E-state index is 13.5. The summed E-state index contributed by atoms with van der Waals surface area (Å²) >= 11 is 0. The van der Waals surface area contributed by atoms with Crippen molar-refractivity contribution in [3.05, 3.63) is 78.4 Å². The van der Waals surface area contributed by atoms with Crippen LogP contribution in [0.2, 0.25) is 0 Å². The molecule has 1 fully saturated rings. The number of nitrogens with zero attached hydrogens (tertiary/aromatic N) is 1. The second kappa shape index (κ2) is 9.84. The molecule has 8 heteroatoms. The first-order chi connectivity index (χ1) is 14.7. The van der Waals surface area contributed by atoms with E-state index < -0.39 is 28.0 Å². The highest BCUT2D eigenvalue weighted by Gasteiger charge is 2.45. The van der Waals surface area contributed by atoms with E-state index in [0.717, 1.165) is 5.56 Å². The number of hydrogen-bond donors (Lipinski definition) is 0. The van der Waals surface area contributed by atoms with Crippen LogP contribution in [-0.2, 0) is 35.6 Å². The van der Waals surface area contributed by atoms with Gasteiger partial charge in [0, 0.05) is 5.57 Å². The van der Waals surface area contributed by atoms with E-state index in [1.165, 1.54) is 16.4 Å². The summed E-state index contributed by atoms with van der Waals surface area (Å²) in [6, 6.07) is 16.7. The molecule has 1 aliphatic rings. The quantitative estimate of drug-likeness (QED) is 0.335. The normalized spacial score (nSPS) is 21.0. The van der Waals surface area contributed by atoms with E-state index >= 15 is 0 Å². The second-order valence-corrected chi connectivity index (χ2v) is 9.57. The van der Waals surface area contributed by atoms with Gasteiger partial charge in [-0.05, 0) is 31.5 Å². The molecule has 2 aromatic rings. The van der Waals surface area contributed by atoms with Gasteiger partial charge in [0.2, 0.25) is 10.0 Å². The SMILES string of the molecule is C=C(C=O)[C@H]1OC(C)(C)OC[C@H]1N(COCc1ccccc1)S(=O)(=O)c1ccccc1. The minimum Gasteiger partial charge on any atom is -0.360 e. The van der Waals surface area contributed by atoms with Crippen LogP contribution in [-0.4, -0.2) is 50.3 Å². The van der Waals surface area contributed by atoms with Gasteiger partial charge in [-0.25, -0.2) is 8.42 Å². The number of hydrogen-bond acceptors (Lipinski definition) is 6. The fraction of sp³-hybridized carbons (Fsp3) is 0.348. The molecular weight excluding hydrogens is 418 g/mol. The molecule has 1 saturated heterocycles. The lowest BCUT2D eigenvalue weighted by Crippen LogP contribution is -2.58. The summed E-state index contributed by atoms with van der Waals surface area (Å²) in [5, 5.41) is 0. The average Bonchev–Trinajstić information content (AvgIpc) is 2.77. The van der Waals surface area contributed by atoms with E-state index in [9.17, 15) is 13.2 Å². The highest BCUT2D eigenvalue weighted by Crippen LogP contribution is 2.31. The zero-order valence-corrected chi connectivity index (χ0v) is 18.5. The molecule has 0 aromatic heterocycles. The summed E-state index contributed by atoms with van der Waals surface area (Å²) in [5.74, 6) is -0.986. The Morgan fingerprint density at radius 3 is 2.39 bits per heavy atom.